The van der Waals surface area contributed by atoms with Crippen molar-refractivity contribution in [1.29, 1.82) is 0 Å². The summed E-state index contributed by atoms with van der Waals surface area (Å²) < 4.78 is 21.1. The number of hydrogen-bond donors (Lipinski definition) is 0. The van der Waals surface area contributed by atoms with Gasteiger partial charge in [0.25, 0.3) is 0 Å². The maximum absolute atomic E-state index is 12.7. The van der Waals surface area contributed by atoms with E-state index >= 15 is 0 Å². The first-order valence-corrected chi connectivity index (χ1v) is 8.10. The third kappa shape index (κ3) is 3.55. The fraction of sp³-hybridized carbons (Fsp3) is 0.389. The lowest BCUT2D eigenvalue weighted by Gasteiger charge is -2.31. The summed E-state index contributed by atoms with van der Waals surface area (Å²) in [5.41, 5.74) is 0.00227. The van der Waals surface area contributed by atoms with Gasteiger partial charge in [0.2, 0.25) is 5.89 Å². The summed E-state index contributed by atoms with van der Waals surface area (Å²) in [6.07, 6.45) is 0.638. The molecule has 0 bridgehead atoms. The van der Waals surface area contributed by atoms with Crippen LogP contribution in [0.1, 0.15) is 41.8 Å². The van der Waals surface area contributed by atoms with Crippen molar-refractivity contribution in [2.45, 2.75) is 32.2 Å². The molecule has 1 aliphatic rings. The number of benzene rings is 1. The molecule has 8 nitrogen and oxygen atoms in total. The number of carbonyl (C=O) groups is 2. The zero-order valence-electron chi connectivity index (χ0n) is 14.8. The SMILES string of the molecule is COC(=O)c1coc([C@@H]2COC(C)(C)N2C(=O)OCc2ccccc2)n1. The number of esters is 1. The number of ether oxygens (including phenoxy) is 3. The van der Waals surface area contributed by atoms with Crippen LogP contribution in [0.2, 0.25) is 0 Å². The Hall–Kier alpha value is -2.87. The Balaban J connectivity index is 1.76. The zero-order chi connectivity index (χ0) is 18.7. The standard InChI is InChI=1S/C18H20N2O6/c1-18(2)20(17(22)25-9-12-7-5-4-6-8-12)14(11-26-18)15-19-13(10-24-15)16(21)23-3/h4-8,10,14H,9,11H2,1-3H3/t14-/m0/s1. The summed E-state index contributed by atoms with van der Waals surface area (Å²) in [7, 11) is 1.26. The second kappa shape index (κ2) is 7.17. The van der Waals surface area contributed by atoms with E-state index in [9.17, 15) is 9.59 Å². The van der Waals surface area contributed by atoms with Gasteiger partial charge in [-0.2, -0.15) is 0 Å². The van der Waals surface area contributed by atoms with E-state index in [1.807, 2.05) is 30.3 Å². The lowest BCUT2D eigenvalue weighted by Crippen LogP contribution is -2.45. The molecule has 138 valence electrons. The van der Waals surface area contributed by atoms with Crippen LogP contribution < -0.4 is 0 Å². The minimum atomic E-state index is -0.904. The highest BCUT2D eigenvalue weighted by molar-refractivity contribution is 5.86. The van der Waals surface area contributed by atoms with Gasteiger partial charge in [0.05, 0.1) is 13.7 Å². The minimum Gasteiger partial charge on any atom is -0.464 e. The topological polar surface area (TPSA) is 91.1 Å². The number of methoxy groups -OCH3 is 1. The summed E-state index contributed by atoms with van der Waals surface area (Å²) >= 11 is 0. The average molecular weight is 360 g/mol. The predicted octanol–water partition coefficient (Wildman–Crippen LogP) is 2.91. The van der Waals surface area contributed by atoms with E-state index < -0.39 is 23.8 Å². The smallest absolute Gasteiger partial charge is 0.413 e. The highest BCUT2D eigenvalue weighted by Crippen LogP contribution is 2.37. The van der Waals surface area contributed by atoms with Gasteiger partial charge in [-0.15, -0.1) is 0 Å². The van der Waals surface area contributed by atoms with Crippen molar-refractivity contribution in [2.24, 2.45) is 0 Å². The Labute approximate surface area is 150 Å². The van der Waals surface area contributed by atoms with Gasteiger partial charge < -0.3 is 18.6 Å². The van der Waals surface area contributed by atoms with E-state index in [2.05, 4.69) is 9.72 Å². The molecule has 0 radical (unpaired) electrons. The third-order valence-corrected chi connectivity index (χ3v) is 4.09. The van der Waals surface area contributed by atoms with Gasteiger partial charge in [-0.05, 0) is 19.4 Å². The molecule has 2 heterocycles. The second-order valence-electron chi connectivity index (χ2n) is 6.25. The van der Waals surface area contributed by atoms with Crippen LogP contribution in [0.15, 0.2) is 41.0 Å². The van der Waals surface area contributed by atoms with Crippen LogP contribution in [0.5, 0.6) is 0 Å². The van der Waals surface area contributed by atoms with Crippen LogP contribution in [0.25, 0.3) is 0 Å². The molecule has 2 aromatic rings. The summed E-state index contributed by atoms with van der Waals surface area (Å²) in [6, 6.07) is 8.76. The molecule has 0 unspecified atom stereocenters. The molecule has 1 saturated heterocycles. The van der Waals surface area contributed by atoms with E-state index in [0.29, 0.717) is 0 Å². The summed E-state index contributed by atoms with van der Waals surface area (Å²) in [4.78, 5) is 29.8. The molecule has 1 aliphatic heterocycles. The monoisotopic (exact) mass is 360 g/mol. The van der Waals surface area contributed by atoms with E-state index in [4.69, 9.17) is 13.9 Å². The maximum atomic E-state index is 12.7. The van der Waals surface area contributed by atoms with Gasteiger partial charge >= 0.3 is 12.1 Å². The summed E-state index contributed by atoms with van der Waals surface area (Å²) in [6.45, 7) is 3.81. The van der Waals surface area contributed by atoms with E-state index in [-0.39, 0.29) is 24.8 Å². The van der Waals surface area contributed by atoms with Crippen molar-refractivity contribution in [3.05, 3.63) is 53.7 Å². The highest BCUT2D eigenvalue weighted by Gasteiger charge is 2.47. The molecular weight excluding hydrogens is 340 g/mol. The lowest BCUT2D eigenvalue weighted by molar-refractivity contribution is -0.0500. The second-order valence-corrected chi connectivity index (χ2v) is 6.25. The van der Waals surface area contributed by atoms with Gasteiger partial charge in [0.15, 0.2) is 5.69 Å². The molecule has 1 amide bonds. The molecule has 1 aromatic heterocycles. The Morgan fingerprint density at radius 1 is 1.31 bits per heavy atom. The van der Waals surface area contributed by atoms with Crippen LogP contribution in [0.4, 0.5) is 4.79 Å². The average Bonchev–Trinajstić information content (AvgIpc) is 3.24. The molecular formula is C18H20N2O6. The Bertz CT molecular complexity index is 786. The van der Waals surface area contributed by atoms with Gasteiger partial charge in [0.1, 0.15) is 24.6 Å². The van der Waals surface area contributed by atoms with Crippen LogP contribution in [0, 0.1) is 0 Å². The predicted molar refractivity (Wildman–Crippen MR) is 89.1 cm³/mol. The van der Waals surface area contributed by atoms with Crippen molar-refractivity contribution in [2.75, 3.05) is 13.7 Å². The molecule has 1 atom stereocenters. The fourth-order valence-corrected chi connectivity index (χ4v) is 2.76. The number of rotatable bonds is 4. The molecule has 8 heteroatoms. The Kier molecular flexibility index (Phi) is 4.94. The number of hydrogen-bond acceptors (Lipinski definition) is 7. The van der Waals surface area contributed by atoms with Gasteiger partial charge in [-0.25, -0.2) is 14.6 Å². The molecule has 1 fully saturated rings. The molecule has 0 spiro atoms. The Morgan fingerprint density at radius 3 is 2.73 bits per heavy atom. The van der Waals surface area contributed by atoms with Gasteiger partial charge in [-0.3, -0.25) is 4.90 Å². The van der Waals surface area contributed by atoms with Crippen molar-refractivity contribution in [3.8, 4) is 0 Å². The minimum absolute atomic E-state index is 0.0322. The van der Waals surface area contributed by atoms with E-state index in [0.717, 1.165) is 5.56 Å². The molecule has 26 heavy (non-hydrogen) atoms. The number of amides is 1. The number of carbonyl (C=O) groups excluding carboxylic acids is 2. The first kappa shape index (κ1) is 17.9. The molecule has 0 aliphatic carbocycles. The highest BCUT2D eigenvalue weighted by atomic mass is 16.6. The van der Waals surface area contributed by atoms with Crippen LogP contribution in [-0.4, -0.2) is 41.4 Å². The summed E-state index contributed by atoms with van der Waals surface area (Å²) in [5.74, 6) is -0.427. The summed E-state index contributed by atoms with van der Waals surface area (Å²) in [5, 5.41) is 0. The van der Waals surface area contributed by atoms with Gasteiger partial charge in [-0.1, -0.05) is 30.3 Å². The van der Waals surface area contributed by atoms with Crippen molar-refractivity contribution >= 4 is 12.1 Å². The molecule has 0 N–H and O–H groups in total. The van der Waals surface area contributed by atoms with Crippen LogP contribution >= 0.6 is 0 Å². The number of aromatic nitrogens is 1. The number of oxazole rings is 1. The first-order valence-electron chi connectivity index (χ1n) is 8.10. The van der Waals surface area contributed by atoms with E-state index in [1.165, 1.54) is 18.3 Å². The van der Waals surface area contributed by atoms with E-state index in [1.54, 1.807) is 13.8 Å². The molecule has 3 rings (SSSR count). The maximum Gasteiger partial charge on any atom is 0.413 e. The fourth-order valence-electron chi connectivity index (χ4n) is 2.76. The van der Waals surface area contributed by atoms with Crippen LogP contribution in [0.3, 0.4) is 0 Å². The molecule has 1 aromatic carbocycles. The third-order valence-electron chi connectivity index (χ3n) is 4.09. The first-order chi connectivity index (χ1) is 12.4. The van der Waals surface area contributed by atoms with Crippen LogP contribution in [-0.2, 0) is 20.8 Å². The van der Waals surface area contributed by atoms with Crippen molar-refractivity contribution in [3.63, 3.8) is 0 Å². The molecule has 0 saturated carbocycles. The quantitative estimate of drug-likeness (QED) is 0.774. The normalized spacial score (nSPS) is 18.6. The largest absolute Gasteiger partial charge is 0.464 e. The van der Waals surface area contributed by atoms with Crippen molar-refractivity contribution in [1.82, 2.24) is 9.88 Å². The van der Waals surface area contributed by atoms with Crippen molar-refractivity contribution < 1.29 is 28.2 Å². The number of nitrogens with zero attached hydrogens (tertiary/aromatic N) is 2. The lowest BCUT2D eigenvalue weighted by atomic mass is 10.2. The van der Waals surface area contributed by atoms with Gasteiger partial charge in [0, 0.05) is 0 Å². The zero-order valence-corrected chi connectivity index (χ0v) is 14.8. The Morgan fingerprint density at radius 2 is 2.04 bits per heavy atom.